The SMILES string of the molecule is C=CCc1cc(C#N)c(O)c(-c2ccc3[nH]c(C)nc3c2)c1. The van der Waals surface area contributed by atoms with Crippen molar-refractivity contribution >= 4 is 11.0 Å². The number of allylic oxidation sites excluding steroid dienone is 1. The highest BCUT2D eigenvalue weighted by Gasteiger charge is 2.12. The summed E-state index contributed by atoms with van der Waals surface area (Å²) in [6.45, 7) is 5.62. The molecule has 108 valence electrons. The lowest BCUT2D eigenvalue weighted by Crippen LogP contribution is -1.89. The molecule has 2 aromatic carbocycles. The van der Waals surface area contributed by atoms with Crippen LogP contribution in [-0.4, -0.2) is 15.1 Å². The lowest BCUT2D eigenvalue weighted by molar-refractivity contribution is 0.475. The molecule has 0 aliphatic heterocycles. The van der Waals surface area contributed by atoms with E-state index in [0.717, 1.165) is 28.0 Å². The molecule has 3 aromatic rings. The number of rotatable bonds is 3. The predicted molar refractivity (Wildman–Crippen MR) is 86.5 cm³/mol. The standard InChI is InChI=1S/C18H15N3O/c1-3-4-12-7-14(10-19)18(22)15(8-12)13-5-6-16-17(9-13)21-11(2)20-16/h3,5-9,22H,1,4H2,2H3,(H,20,21). The van der Waals surface area contributed by atoms with Crippen molar-refractivity contribution in [2.75, 3.05) is 0 Å². The summed E-state index contributed by atoms with van der Waals surface area (Å²) in [7, 11) is 0. The largest absolute Gasteiger partial charge is 0.506 e. The van der Waals surface area contributed by atoms with Gasteiger partial charge in [0.2, 0.25) is 0 Å². The summed E-state index contributed by atoms with van der Waals surface area (Å²) in [6.07, 6.45) is 2.42. The molecule has 0 saturated heterocycles. The van der Waals surface area contributed by atoms with Crippen LogP contribution in [0.4, 0.5) is 0 Å². The summed E-state index contributed by atoms with van der Waals surface area (Å²) in [6, 6.07) is 11.4. The number of aromatic hydroxyl groups is 1. The maximum absolute atomic E-state index is 10.3. The first-order valence-electron chi connectivity index (χ1n) is 6.96. The van der Waals surface area contributed by atoms with Crippen molar-refractivity contribution in [3.8, 4) is 22.9 Å². The van der Waals surface area contributed by atoms with Gasteiger partial charge in [-0.2, -0.15) is 5.26 Å². The monoisotopic (exact) mass is 289 g/mol. The minimum atomic E-state index is 0.00178. The molecule has 22 heavy (non-hydrogen) atoms. The molecule has 0 saturated carbocycles. The second kappa shape index (κ2) is 5.38. The highest BCUT2D eigenvalue weighted by Crippen LogP contribution is 2.34. The van der Waals surface area contributed by atoms with Crippen molar-refractivity contribution in [3.63, 3.8) is 0 Å². The van der Waals surface area contributed by atoms with Gasteiger partial charge >= 0.3 is 0 Å². The molecule has 0 spiro atoms. The normalized spacial score (nSPS) is 10.5. The Morgan fingerprint density at radius 3 is 2.91 bits per heavy atom. The maximum Gasteiger partial charge on any atom is 0.141 e. The van der Waals surface area contributed by atoms with Crippen LogP contribution in [-0.2, 0) is 6.42 Å². The molecular weight excluding hydrogens is 274 g/mol. The Kier molecular flexibility index (Phi) is 3.40. The molecule has 0 aliphatic rings. The molecule has 1 heterocycles. The van der Waals surface area contributed by atoms with E-state index in [1.54, 1.807) is 12.1 Å². The van der Waals surface area contributed by atoms with E-state index in [-0.39, 0.29) is 11.3 Å². The summed E-state index contributed by atoms with van der Waals surface area (Å²) >= 11 is 0. The van der Waals surface area contributed by atoms with Crippen LogP contribution < -0.4 is 0 Å². The number of nitrogens with zero attached hydrogens (tertiary/aromatic N) is 2. The fourth-order valence-electron chi connectivity index (χ4n) is 2.58. The fraction of sp³-hybridized carbons (Fsp3) is 0.111. The van der Waals surface area contributed by atoms with Crippen molar-refractivity contribution in [3.05, 3.63) is 59.9 Å². The van der Waals surface area contributed by atoms with Gasteiger partial charge in [-0.1, -0.05) is 12.1 Å². The number of phenols is 1. The van der Waals surface area contributed by atoms with Crippen LogP contribution in [0.1, 0.15) is 17.0 Å². The van der Waals surface area contributed by atoms with Crippen molar-refractivity contribution < 1.29 is 5.11 Å². The number of hydrogen-bond donors (Lipinski definition) is 2. The molecular formula is C18H15N3O. The Bertz CT molecular complexity index is 916. The topological polar surface area (TPSA) is 72.7 Å². The Balaban J connectivity index is 2.21. The quantitative estimate of drug-likeness (QED) is 0.719. The molecule has 0 fully saturated rings. The zero-order valence-corrected chi connectivity index (χ0v) is 12.2. The number of imidazole rings is 1. The third kappa shape index (κ3) is 2.33. The maximum atomic E-state index is 10.3. The number of nitriles is 1. The van der Waals surface area contributed by atoms with Gasteiger partial charge in [0, 0.05) is 5.56 Å². The minimum absolute atomic E-state index is 0.00178. The zero-order valence-electron chi connectivity index (χ0n) is 12.2. The Hall–Kier alpha value is -3.06. The molecule has 0 radical (unpaired) electrons. The van der Waals surface area contributed by atoms with E-state index < -0.39 is 0 Å². The van der Waals surface area contributed by atoms with Crippen LogP contribution in [0, 0.1) is 18.3 Å². The molecule has 3 rings (SSSR count). The van der Waals surface area contributed by atoms with Gasteiger partial charge in [0.1, 0.15) is 17.6 Å². The molecule has 2 N–H and O–H groups in total. The van der Waals surface area contributed by atoms with Gasteiger partial charge in [0.15, 0.2) is 0 Å². The fourth-order valence-corrected chi connectivity index (χ4v) is 2.58. The lowest BCUT2D eigenvalue weighted by atomic mass is 9.97. The summed E-state index contributed by atoms with van der Waals surface area (Å²) < 4.78 is 0. The average molecular weight is 289 g/mol. The summed E-state index contributed by atoms with van der Waals surface area (Å²) in [5.74, 6) is 0.844. The first-order valence-corrected chi connectivity index (χ1v) is 6.96. The average Bonchev–Trinajstić information content (AvgIpc) is 2.88. The highest BCUT2D eigenvalue weighted by molar-refractivity contribution is 5.84. The summed E-state index contributed by atoms with van der Waals surface area (Å²) in [5, 5.41) is 19.5. The van der Waals surface area contributed by atoms with Crippen LogP contribution in [0.25, 0.3) is 22.2 Å². The molecule has 0 unspecified atom stereocenters. The summed E-state index contributed by atoms with van der Waals surface area (Å²) in [5.41, 5.74) is 4.47. The van der Waals surface area contributed by atoms with Crippen LogP contribution in [0.15, 0.2) is 43.0 Å². The Labute approximate surface area is 128 Å². The van der Waals surface area contributed by atoms with Crippen LogP contribution in [0.2, 0.25) is 0 Å². The van der Waals surface area contributed by atoms with Gasteiger partial charge in [-0.15, -0.1) is 6.58 Å². The third-order valence-electron chi connectivity index (χ3n) is 3.58. The number of aryl methyl sites for hydroxylation is 1. The van der Waals surface area contributed by atoms with Crippen LogP contribution in [0.5, 0.6) is 5.75 Å². The molecule has 4 nitrogen and oxygen atoms in total. The van der Waals surface area contributed by atoms with E-state index in [0.29, 0.717) is 12.0 Å². The first kappa shape index (κ1) is 13.9. The Morgan fingerprint density at radius 2 is 2.18 bits per heavy atom. The van der Waals surface area contributed by atoms with Gasteiger partial charge in [-0.25, -0.2) is 4.98 Å². The van der Waals surface area contributed by atoms with Crippen molar-refractivity contribution in [1.82, 2.24) is 9.97 Å². The van der Waals surface area contributed by atoms with Crippen LogP contribution >= 0.6 is 0 Å². The number of aromatic nitrogens is 2. The molecule has 0 aliphatic carbocycles. The molecule has 4 heteroatoms. The zero-order chi connectivity index (χ0) is 15.7. The molecule has 0 bridgehead atoms. The van der Waals surface area contributed by atoms with Gasteiger partial charge < -0.3 is 10.1 Å². The number of H-pyrrole nitrogens is 1. The lowest BCUT2D eigenvalue weighted by Gasteiger charge is -2.09. The van der Waals surface area contributed by atoms with E-state index >= 15 is 0 Å². The van der Waals surface area contributed by atoms with E-state index in [1.165, 1.54) is 0 Å². The molecule has 0 atom stereocenters. The van der Waals surface area contributed by atoms with Gasteiger partial charge in [-0.05, 0) is 48.7 Å². The second-order valence-corrected chi connectivity index (χ2v) is 5.20. The number of aromatic amines is 1. The van der Waals surface area contributed by atoms with Gasteiger partial charge in [0.25, 0.3) is 0 Å². The number of phenolic OH excluding ortho intramolecular Hbond substituents is 1. The van der Waals surface area contributed by atoms with Crippen LogP contribution in [0.3, 0.4) is 0 Å². The minimum Gasteiger partial charge on any atom is -0.506 e. The Morgan fingerprint density at radius 1 is 1.36 bits per heavy atom. The van der Waals surface area contributed by atoms with Crippen molar-refractivity contribution in [2.45, 2.75) is 13.3 Å². The number of fused-ring (bicyclic) bond motifs is 1. The first-order chi connectivity index (χ1) is 10.6. The summed E-state index contributed by atoms with van der Waals surface area (Å²) in [4.78, 5) is 7.58. The molecule has 1 aromatic heterocycles. The number of nitrogens with one attached hydrogen (secondary N) is 1. The molecule has 0 amide bonds. The predicted octanol–water partition coefficient (Wildman–Crippen LogP) is 3.84. The van der Waals surface area contributed by atoms with Crippen molar-refractivity contribution in [2.24, 2.45) is 0 Å². The number of hydrogen-bond acceptors (Lipinski definition) is 3. The smallest absolute Gasteiger partial charge is 0.141 e. The van der Waals surface area contributed by atoms with E-state index in [9.17, 15) is 10.4 Å². The van der Waals surface area contributed by atoms with E-state index in [2.05, 4.69) is 16.5 Å². The number of benzene rings is 2. The van der Waals surface area contributed by atoms with E-state index in [1.807, 2.05) is 37.3 Å². The van der Waals surface area contributed by atoms with Gasteiger partial charge in [-0.3, -0.25) is 0 Å². The van der Waals surface area contributed by atoms with E-state index in [4.69, 9.17) is 0 Å². The van der Waals surface area contributed by atoms with Crippen molar-refractivity contribution in [1.29, 1.82) is 5.26 Å². The third-order valence-corrected chi connectivity index (χ3v) is 3.58. The second-order valence-electron chi connectivity index (χ2n) is 5.20. The highest BCUT2D eigenvalue weighted by atomic mass is 16.3. The van der Waals surface area contributed by atoms with Gasteiger partial charge in [0.05, 0.1) is 16.6 Å².